The van der Waals surface area contributed by atoms with Gasteiger partial charge in [0.25, 0.3) is 5.56 Å². The Balaban J connectivity index is 1.82. The molecule has 38 heavy (non-hydrogen) atoms. The van der Waals surface area contributed by atoms with Crippen LogP contribution >= 0.6 is 11.3 Å². The largest absolute Gasteiger partial charge is 0.465 e. The molecule has 0 amide bonds. The summed E-state index contributed by atoms with van der Waals surface area (Å²) in [6, 6.07) is 17.8. The summed E-state index contributed by atoms with van der Waals surface area (Å²) in [5.41, 5.74) is 0.356. The summed E-state index contributed by atoms with van der Waals surface area (Å²) in [6.45, 7) is 3.77. The highest BCUT2D eigenvalue weighted by atomic mass is 32.1. The van der Waals surface area contributed by atoms with E-state index in [0.717, 1.165) is 34.1 Å². The second kappa shape index (κ2) is 10.6. The summed E-state index contributed by atoms with van der Waals surface area (Å²) in [5.74, 6) is -0.506. The summed E-state index contributed by atoms with van der Waals surface area (Å²) in [7, 11) is 1.28. The summed E-state index contributed by atoms with van der Waals surface area (Å²) in [6.07, 6.45) is -4.88. The fraction of sp³-hybridized carbons (Fsp3) is 0.179. The van der Waals surface area contributed by atoms with E-state index in [-0.39, 0.29) is 12.2 Å². The molecule has 4 aromatic rings. The molecule has 0 saturated carbocycles. The Morgan fingerprint density at radius 3 is 2.53 bits per heavy atom. The van der Waals surface area contributed by atoms with Gasteiger partial charge >= 0.3 is 12.1 Å². The summed E-state index contributed by atoms with van der Waals surface area (Å²) in [4.78, 5) is 25.5. The second-order valence-electron chi connectivity index (χ2n) is 8.61. The minimum atomic E-state index is -4.88. The zero-order chi connectivity index (χ0) is 27.6. The Morgan fingerprint density at radius 1 is 1.11 bits per heavy atom. The lowest BCUT2D eigenvalue weighted by molar-refractivity contribution is -0.137. The molecule has 0 unspecified atom stereocenters. The van der Waals surface area contributed by atoms with Crippen molar-refractivity contribution >= 4 is 28.0 Å². The van der Waals surface area contributed by atoms with E-state index in [1.807, 2.05) is 32.0 Å². The van der Waals surface area contributed by atoms with E-state index in [1.165, 1.54) is 17.7 Å². The molecular weight excluding hydrogens is 515 g/mol. The van der Waals surface area contributed by atoms with E-state index in [1.54, 1.807) is 36.4 Å². The lowest BCUT2D eigenvalue weighted by Gasteiger charge is -2.18. The SMILES string of the molecule is COC(=O)c1cccc(Nc2ccc(-c3cc(C(F)(F)F)c(C#N)c(=O)n3Cc3ccc(C)cc3C)s2)c1. The molecule has 2 heterocycles. The first-order chi connectivity index (χ1) is 18.0. The maximum Gasteiger partial charge on any atom is 0.417 e. The van der Waals surface area contributed by atoms with E-state index in [2.05, 4.69) is 5.32 Å². The number of hydrogen-bond donors (Lipinski definition) is 1. The van der Waals surface area contributed by atoms with Gasteiger partial charge in [-0.25, -0.2) is 4.79 Å². The van der Waals surface area contributed by atoms with Crippen molar-refractivity contribution < 1.29 is 22.7 Å². The van der Waals surface area contributed by atoms with E-state index in [9.17, 15) is 28.0 Å². The number of thiophene rings is 1. The number of aryl methyl sites for hydroxylation is 2. The van der Waals surface area contributed by atoms with Crippen LogP contribution in [-0.2, 0) is 17.5 Å². The molecule has 4 rings (SSSR count). The lowest BCUT2D eigenvalue weighted by atomic mass is 10.0. The third kappa shape index (κ3) is 5.48. The van der Waals surface area contributed by atoms with Gasteiger partial charge in [0.15, 0.2) is 0 Å². The van der Waals surface area contributed by atoms with Crippen molar-refractivity contribution in [2.75, 3.05) is 12.4 Å². The van der Waals surface area contributed by atoms with Crippen molar-refractivity contribution in [3.05, 3.63) is 104 Å². The second-order valence-corrected chi connectivity index (χ2v) is 9.69. The van der Waals surface area contributed by atoms with Gasteiger partial charge in [-0.1, -0.05) is 29.8 Å². The smallest absolute Gasteiger partial charge is 0.417 e. The monoisotopic (exact) mass is 537 g/mol. The number of hydrogen-bond acceptors (Lipinski definition) is 6. The molecule has 2 aromatic heterocycles. The number of nitrogens with zero attached hydrogens (tertiary/aromatic N) is 2. The van der Waals surface area contributed by atoms with Crippen molar-refractivity contribution in [1.82, 2.24) is 4.57 Å². The molecule has 0 saturated heterocycles. The fourth-order valence-electron chi connectivity index (χ4n) is 4.06. The summed E-state index contributed by atoms with van der Waals surface area (Å²) in [5, 5.41) is 13.2. The van der Waals surface area contributed by atoms with E-state index in [4.69, 9.17) is 4.74 Å². The molecule has 194 valence electrons. The molecule has 2 aromatic carbocycles. The topological polar surface area (TPSA) is 84.1 Å². The first-order valence-corrected chi connectivity index (χ1v) is 12.2. The van der Waals surface area contributed by atoms with E-state index in [0.29, 0.717) is 21.1 Å². The van der Waals surface area contributed by atoms with Crippen LogP contribution in [-0.4, -0.2) is 17.6 Å². The molecule has 0 atom stereocenters. The maximum atomic E-state index is 13.9. The Morgan fingerprint density at radius 2 is 1.87 bits per heavy atom. The number of nitriles is 1. The molecular formula is C28H22F3N3O3S. The predicted octanol–water partition coefficient (Wildman–Crippen LogP) is 6.66. The van der Waals surface area contributed by atoms with Crippen LogP contribution in [0.2, 0.25) is 0 Å². The molecule has 10 heteroatoms. The quantitative estimate of drug-likeness (QED) is 0.278. The number of benzene rings is 2. The number of anilines is 2. The van der Waals surface area contributed by atoms with Crippen LogP contribution in [0.5, 0.6) is 0 Å². The minimum absolute atomic E-state index is 0.00503. The number of carbonyl (C=O) groups is 1. The number of rotatable bonds is 6. The van der Waals surface area contributed by atoms with E-state index >= 15 is 0 Å². The zero-order valence-corrected chi connectivity index (χ0v) is 21.5. The first kappa shape index (κ1) is 26.7. The van der Waals surface area contributed by atoms with Gasteiger partial charge in [-0.15, -0.1) is 11.3 Å². The number of ether oxygens (including phenoxy) is 1. The Bertz CT molecular complexity index is 1630. The number of carbonyl (C=O) groups excluding carboxylic acids is 1. The van der Waals surface area contributed by atoms with Crippen molar-refractivity contribution in [2.45, 2.75) is 26.6 Å². The third-order valence-corrected chi connectivity index (χ3v) is 6.98. The van der Waals surface area contributed by atoms with Crippen LogP contribution in [0.25, 0.3) is 10.6 Å². The minimum Gasteiger partial charge on any atom is -0.465 e. The lowest BCUT2D eigenvalue weighted by Crippen LogP contribution is -2.28. The van der Waals surface area contributed by atoms with E-state index < -0.39 is 28.8 Å². The van der Waals surface area contributed by atoms with Gasteiger partial charge in [-0.2, -0.15) is 18.4 Å². The molecule has 0 bridgehead atoms. The van der Waals surface area contributed by atoms with Gasteiger partial charge in [0, 0.05) is 5.69 Å². The number of esters is 1. The number of methoxy groups -OCH3 is 1. The zero-order valence-electron chi connectivity index (χ0n) is 20.6. The Labute approximate surface area is 220 Å². The van der Waals surface area contributed by atoms with Crippen molar-refractivity contribution in [3.63, 3.8) is 0 Å². The maximum absolute atomic E-state index is 13.9. The van der Waals surface area contributed by atoms with Gasteiger partial charge < -0.3 is 14.6 Å². The molecule has 6 nitrogen and oxygen atoms in total. The molecule has 0 radical (unpaired) electrons. The highest BCUT2D eigenvalue weighted by Gasteiger charge is 2.36. The molecule has 0 spiro atoms. The van der Waals surface area contributed by atoms with Crippen molar-refractivity contribution in [1.29, 1.82) is 5.26 Å². The van der Waals surface area contributed by atoms with Crippen LogP contribution in [0.3, 0.4) is 0 Å². The van der Waals surface area contributed by atoms with Gasteiger partial charge in [-0.05, 0) is 61.4 Å². The highest BCUT2D eigenvalue weighted by molar-refractivity contribution is 7.19. The first-order valence-electron chi connectivity index (χ1n) is 11.4. The Hall–Kier alpha value is -4.36. The van der Waals surface area contributed by atoms with Crippen LogP contribution in [0, 0.1) is 25.2 Å². The van der Waals surface area contributed by atoms with Crippen molar-refractivity contribution in [3.8, 4) is 16.6 Å². The molecule has 0 aliphatic rings. The number of aromatic nitrogens is 1. The van der Waals surface area contributed by atoms with Gasteiger partial charge in [-0.3, -0.25) is 4.79 Å². The average Bonchev–Trinajstić information content (AvgIpc) is 3.33. The van der Waals surface area contributed by atoms with Crippen LogP contribution in [0.4, 0.5) is 23.9 Å². The van der Waals surface area contributed by atoms with Gasteiger partial charge in [0.05, 0.1) is 40.4 Å². The highest BCUT2D eigenvalue weighted by Crippen LogP contribution is 2.37. The molecule has 0 fully saturated rings. The number of halogens is 3. The van der Waals surface area contributed by atoms with Crippen LogP contribution in [0.1, 0.15) is 38.2 Å². The van der Waals surface area contributed by atoms with Gasteiger partial charge in [0.1, 0.15) is 11.6 Å². The Kier molecular flexibility index (Phi) is 7.41. The summed E-state index contributed by atoms with van der Waals surface area (Å²) < 4.78 is 47.5. The summed E-state index contributed by atoms with van der Waals surface area (Å²) >= 11 is 1.14. The van der Waals surface area contributed by atoms with Crippen LogP contribution in [0.15, 0.2) is 65.5 Å². The predicted molar refractivity (Wildman–Crippen MR) is 140 cm³/mol. The molecule has 0 aliphatic carbocycles. The van der Waals surface area contributed by atoms with Crippen LogP contribution < -0.4 is 10.9 Å². The number of pyridine rings is 1. The third-order valence-electron chi connectivity index (χ3n) is 5.95. The standard InChI is InChI=1S/C28H22F3N3O3S/c1-16-7-8-19(17(2)11-16)15-34-23(13-22(28(29,30)31)21(14-32)26(34)35)24-9-10-25(38-24)33-20-6-4-5-18(12-20)27(36)37-3/h4-13,33H,15H2,1-3H3. The normalized spacial score (nSPS) is 11.2. The fourth-order valence-corrected chi connectivity index (χ4v) is 5.01. The molecule has 0 aliphatic heterocycles. The van der Waals surface area contributed by atoms with Crippen molar-refractivity contribution in [2.24, 2.45) is 0 Å². The number of nitrogens with one attached hydrogen (secondary N) is 1. The molecule has 1 N–H and O–H groups in total. The van der Waals surface area contributed by atoms with Gasteiger partial charge in [0.2, 0.25) is 0 Å². The number of alkyl halides is 3. The average molecular weight is 538 g/mol.